The van der Waals surface area contributed by atoms with E-state index < -0.39 is 12.0 Å². The molecule has 2 aromatic rings. The summed E-state index contributed by atoms with van der Waals surface area (Å²) in [5.74, 6) is -1.10. The quantitative estimate of drug-likeness (QED) is 0.943. The number of hydrogen-bond donors (Lipinski definition) is 1. The highest BCUT2D eigenvalue weighted by atomic mass is 19.4. The number of benzene rings is 1. The SMILES string of the molecule is FC(F)(F)c1nccc(Cc2ccc([C@@H]3CNCCO3)cc2)n1. The molecule has 7 heteroatoms. The second-order valence-corrected chi connectivity index (χ2v) is 5.35. The minimum atomic E-state index is -4.52. The van der Waals surface area contributed by atoms with Crippen LogP contribution in [0.15, 0.2) is 36.5 Å². The zero-order valence-electron chi connectivity index (χ0n) is 12.3. The summed E-state index contributed by atoms with van der Waals surface area (Å²) in [6.45, 7) is 2.29. The molecule has 1 aliphatic heterocycles. The highest BCUT2D eigenvalue weighted by molar-refractivity contribution is 5.27. The lowest BCUT2D eigenvalue weighted by atomic mass is 10.0. The van der Waals surface area contributed by atoms with Crippen molar-refractivity contribution >= 4 is 0 Å². The molecular weight excluding hydrogens is 307 g/mol. The molecule has 0 radical (unpaired) electrons. The average Bonchev–Trinajstić information content (AvgIpc) is 2.56. The third-order valence-corrected chi connectivity index (χ3v) is 3.63. The van der Waals surface area contributed by atoms with Gasteiger partial charge in [-0.15, -0.1) is 0 Å². The molecule has 1 atom stereocenters. The molecule has 122 valence electrons. The van der Waals surface area contributed by atoms with Gasteiger partial charge in [0.15, 0.2) is 0 Å². The van der Waals surface area contributed by atoms with E-state index in [2.05, 4.69) is 15.3 Å². The van der Waals surface area contributed by atoms with Gasteiger partial charge < -0.3 is 10.1 Å². The Morgan fingerprint density at radius 3 is 2.61 bits per heavy atom. The fourth-order valence-corrected chi connectivity index (χ4v) is 2.47. The van der Waals surface area contributed by atoms with E-state index in [1.807, 2.05) is 24.3 Å². The Bertz CT molecular complexity index is 652. The van der Waals surface area contributed by atoms with Crippen LogP contribution in [0.1, 0.15) is 28.7 Å². The van der Waals surface area contributed by atoms with Crippen LogP contribution in [0.25, 0.3) is 0 Å². The lowest BCUT2D eigenvalue weighted by Crippen LogP contribution is -2.33. The maximum absolute atomic E-state index is 12.6. The summed E-state index contributed by atoms with van der Waals surface area (Å²) in [7, 11) is 0. The molecule has 1 saturated heterocycles. The predicted octanol–water partition coefficient (Wildman–Crippen LogP) is 2.75. The monoisotopic (exact) mass is 323 g/mol. The summed E-state index contributed by atoms with van der Waals surface area (Å²) in [5.41, 5.74) is 2.29. The molecule has 1 aromatic carbocycles. The number of halogens is 3. The number of aromatic nitrogens is 2. The number of morpholine rings is 1. The van der Waals surface area contributed by atoms with E-state index in [0.717, 1.165) is 30.4 Å². The van der Waals surface area contributed by atoms with Crippen LogP contribution in [-0.2, 0) is 17.3 Å². The molecule has 0 amide bonds. The minimum absolute atomic E-state index is 0.0219. The first-order valence-corrected chi connectivity index (χ1v) is 7.32. The van der Waals surface area contributed by atoms with E-state index >= 15 is 0 Å². The molecule has 0 aliphatic carbocycles. The van der Waals surface area contributed by atoms with Crippen molar-refractivity contribution in [2.45, 2.75) is 18.7 Å². The van der Waals surface area contributed by atoms with Crippen LogP contribution in [0.2, 0.25) is 0 Å². The molecular formula is C16H16F3N3O. The summed E-state index contributed by atoms with van der Waals surface area (Å²) in [6.07, 6.45) is -3.03. The highest BCUT2D eigenvalue weighted by Gasteiger charge is 2.34. The van der Waals surface area contributed by atoms with Gasteiger partial charge in [-0.1, -0.05) is 24.3 Å². The number of rotatable bonds is 3. The average molecular weight is 323 g/mol. The van der Waals surface area contributed by atoms with Crippen molar-refractivity contribution < 1.29 is 17.9 Å². The van der Waals surface area contributed by atoms with Gasteiger partial charge in [0.05, 0.1) is 12.7 Å². The number of alkyl halides is 3. The van der Waals surface area contributed by atoms with E-state index in [0.29, 0.717) is 18.7 Å². The zero-order chi connectivity index (χ0) is 16.3. The van der Waals surface area contributed by atoms with Crippen molar-refractivity contribution in [3.8, 4) is 0 Å². The number of nitrogens with zero attached hydrogens (tertiary/aromatic N) is 2. The fourth-order valence-electron chi connectivity index (χ4n) is 2.47. The van der Waals surface area contributed by atoms with Crippen molar-refractivity contribution in [3.63, 3.8) is 0 Å². The fraction of sp³-hybridized carbons (Fsp3) is 0.375. The van der Waals surface area contributed by atoms with Gasteiger partial charge in [0.2, 0.25) is 5.82 Å². The number of hydrogen-bond acceptors (Lipinski definition) is 4. The van der Waals surface area contributed by atoms with E-state index in [1.54, 1.807) is 0 Å². The minimum Gasteiger partial charge on any atom is -0.371 e. The van der Waals surface area contributed by atoms with Crippen molar-refractivity contribution in [2.75, 3.05) is 19.7 Å². The Morgan fingerprint density at radius 2 is 1.96 bits per heavy atom. The Labute approximate surface area is 131 Å². The van der Waals surface area contributed by atoms with Gasteiger partial charge in [-0.2, -0.15) is 13.2 Å². The molecule has 4 nitrogen and oxygen atoms in total. The van der Waals surface area contributed by atoms with Gasteiger partial charge in [0.1, 0.15) is 0 Å². The Kier molecular flexibility index (Phi) is 4.58. The van der Waals surface area contributed by atoms with Gasteiger partial charge in [-0.05, 0) is 17.2 Å². The van der Waals surface area contributed by atoms with Crippen LogP contribution in [0.4, 0.5) is 13.2 Å². The third-order valence-electron chi connectivity index (χ3n) is 3.63. The van der Waals surface area contributed by atoms with E-state index in [1.165, 1.54) is 6.07 Å². The molecule has 0 unspecified atom stereocenters. The second kappa shape index (κ2) is 6.64. The Hall–Kier alpha value is -1.99. The van der Waals surface area contributed by atoms with Crippen molar-refractivity contribution in [1.82, 2.24) is 15.3 Å². The second-order valence-electron chi connectivity index (χ2n) is 5.35. The Balaban J connectivity index is 1.71. The first-order chi connectivity index (χ1) is 11.0. The lowest BCUT2D eigenvalue weighted by Gasteiger charge is -2.24. The first kappa shape index (κ1) is 15.9. The lowest BCUT2D eigenvalue weighted by molar-refractivity contribution is -0.145. The molecule has 23 heavy (non-hydrogen) atoms. The molecule has 0 spiro atoms. The Morgan fingerprint density at radius 1 is 1.17 bits per heavy atom. The van der Waals surface area contributed by atoms with E-state index in [9.17, 15) is 13.2 Å². The third kappa shape index (κ3) is 4.05. The highest BCUT2D eigenvalue weighted by Crippen LogP contribution is 2.26. The molecule has 0 saturated carbocycles. The topological polar surface area (TPSA) is 47.0 Å². The van der Waals surface area contributed by atoms with Gasteiger partial charge in [-0.25, -0.2) is 9.97 Å². The molecule has 1 aliphatic rings. The number of ether oxygens (including phenoxy) is 1. The van der Waals surface area contributed by atoms with Crippen molar-refractivity contribution in [1.29, 1.82) is 0 Å². The summed E-state index contributed by atoms with van der Waals surface area (Å²) in [6, 6.07) is 9.17. The van der Waals surface area contributed by atoms with Crippen molar-refractivity contribution in [3.05, 3.63) is 59.2 Å². The van der Waals surface area contributed by atoms with Crippen LogP contribution >= 0.6 is 0 Å². The summed E-state index contributed by atoms with van der Waals surface area (Å²) in [4.78, 5) is 6.85. The van der Waals surface area contributed by atoms with Crippen molar-refractivity contribution in [2.24, 2.45) is 0 Å². The zero-order valence-corrected chi connectivity index (χ0v) is 12.3. The molecule has 1 N–H and O–H groups in total. The van der Waals surface area contributed by atoms with Gasteiger partial charge in [0, 0.05) is 31.4 Å². The number of nitrogens with one attached hydrogen (secondary N) is 1. The van der Waals surface area contributed by atoms with Gasteiger partial charge >= 0.3 is 6.18 Å². The molecule has 1 fully saturated rings. The van der Waals surface area contributed by atoms with Gasteiger partial charge in [-0.3, -0.25) is 0 Å². The largest absolute Gasteiger partial charge is 0.451 e. The van der Waals surface area contributed by atoms with Crippen LogP contribution in [-0.4, -0.2) is 29.7 Å². The normalized spacial score (nSPS) is 18.8. The summed E-state index contributed by atoms with van der Waals surface area (Å²) in [5, 5.41) is 3.26. The summed E-state index contributed by atoms with van der Waals surface area (Å²) < 4.78 is 43.5. The van der Waals surface area contributed by atoms with Crippen LogP contribution in [0.5, 0.6) is 0 Å². The molecule has 0 bridgehead atoms. The van der Waals surface area contributed by atoms with Gasteiger partial charge in [0.25, 0.3) is 0 Å². The maximum atomic E-state index is 12.6. The predicted molar refractivity (Wildman–Crippen MR) is 77.8 cm³/mol. The van der Waals surface area contributed by atoms with Crippen LogP contribution in [0, 0.1) is 0 Å². The molecule has 2 heterocycles. The van der Waals surface area contributed by atoms with Crippen LogP contribution < -0.4 is 5.32 Å². The smallest absolute Gasteiger partial charge is 0.371 e. The molecule has 3 rings (SSSR count). The molecule has 1 aromatic heterocycles. The van der Waals surface area contributed by atoms with Crippen LogP contribution in [0.3, 0.4) is 0 Å². The standard InChI is InChI=1S/C16H16F3N3O/c17-16(18,19)15-21-6-5-13(22-15)9-11-1-3-12(4-2-11)14-10-20-7-8-23-14/h1-6,14,20H,7-10H2/t14-/m0/s1. The van der Waals surface area contributed by atoms with E-state index in [4.69, 9.17) is 4.74 Å². The van der Waals surface area contributed by atoms with E-state index in [-0.39, 0.29) is 6.10 Å². The first-order valence-electron chi connectivity index (χ1n) is 7.32. The summed E-state index contributed by atoms with van der Waals surface area (Å²) >= 11 is 0. The maximum Gasteiger partial charge on any atom is 0.451 e.